The normalized spacial score (nSPS) is 10.8. The number of pyridine rings is 1. The van der Waals surface area contributed by atoms with E-state index in [-0.39, 0.29) is 11.3 Å². The highest BCUT2D eigenvalue weighted by atomic mass is 32.2. The SMILES string of the molecule is Nc1cc(C(=O)O)cnc1Sc1nc2ccccc2o1. The number of rotatable bonds is 3. The van der Waals surface area contributed by atoms with Gasteiger partial charge < -0.3 is 15.3 Å². The molecule has 20 heavy (non-hydrogen) atoms. The number of oxazole rings is 1. The summed E-state index contributed by atoms with van der Waals surface area (Å²) in [4.78, 5) is 19.1. The quantitative estimate of drug-likeness (QED) is 0.763. The first-order chi connectivity index (χ1) is 9.63. The molecule has 0 unspecified atom stereocenters. The third-order valence-electron chi connectivity index (χ3n) is 2.58. The minimum atomic E-state index is -1.07. The predicted octanol–water partition coefficient (Wildman–Crippen LogP) is 2.65. The molecule has 1 aromatic carbocycles. The summed E-state index contributed by atoms with van der Waals surface area (Å²) in [6.07, 6.45) is 1.25. The Bertz CT molecular complexity index is 767. The molecular weight excluding hydrogens is 278 g/mol. The minimum absolute atomic E-state index is 0.0458. The highest BCUT2D eigenvalue weighted by Crippen LogP contribution is 2.32. The van der Waals surface area contributed by atoms with Gasteiger partial charge in [0.2, 0.25) is 0 Å². The van der Waals surface area contributed by atoms with Gasteiger partial charge in [0, 0.05) is 6.20 Å². The van der Waals surface area contributed by atoms with E-state index >= 15 is 0 Å². The molecule has 0 fully saturated rings. The van der Waals surface area contributed by atoms with Gasteiger partial charge >= 0.3 is 5.97 Å². The lowest BCUT2D eigenvalue weighted by molar-refractivity contribution is 0.0696. The molecule has 100 valence electrons. The fourth-order valence-corrected chi connectivity index (χ4v) is 2.37. The highest BCUT2D eigenvalue weighted by molar-refractivity contribution is 7.99. The topological polar surface area (TPSA) is 102 Å². The number of nitrogens with zero attached hydrogens (tertiary/aromatic N) is 2. The number of aromatic carboxylic acids is 1. The maximum atomic E-state index is 10.8. The van der Waals surface area contributed by atoms with Crippen molar-refractivity contribution in [3.8, 4) is 0 Å². The van der Waals surface area contributed by atoms with Crippen molar-refractivity contribution in [3.05, 3.63) is 42.1 Å². The van der Waals surface area contributed by atoms with Gasteiger partial charge in [0.25, 0.3) is 5.22 Å². The molecule has 0 saturated carbocycles. The van der Waals surface area contributed by atoms with Gasteiger partial charge in [-0.25, -0.2) is 14.8 Å². The molecule has 0 aliphatic carbocycles. The maximum Gasteiger partial charge on any atom is 0.337 e. The Labute approximate surface area is 117 Å². The molecule has 0 amide bonds. The van der Waals surface area contributed by atoms with Gasteiger partial charge in [-0.05, 0) is 30.0 Å². The van der Waals surface area contributed by atoms with Crippen molar-refractivity contribution in [2.75, 3.05) is 5.73 Å². The van der Waals surface area contributed by atoms with Crippen LogP contribution >= 0.6 is 11.8 Å². The van der Waals surface area contributed by atoms with E-state index in [1.165, 1.54) is 12.3 Å². The Morgan fingerprint density at radius 2 is 2.15 bits per heavy atom. The predicted molar refractivity (Wildman–Crippen MR) is 73.7 cm³/mol. The van der Waals surface area contributed by atoms with Crippen LogP contribution in [0.1, 0.15) is 10.4 Å². The minimum Gasteiger partial charge on any atom is -0.478 e. The van der Waals surface area contributed by atoms with Crippen molar-refractivity contribution in [1.82, 2.24) is 9.97 Å². The van der Waals surface area contributed by atoms with Crippen molar-refractivity contribution < 1.29 is 14.3 Å². The Balaban J connectivity index is 1.92. The van der Waals surface area contributed by atoms with Gasteiger partial charge in [0.05, 0.1) is 11.3 Å². The summed E-state index contributed by atoms with van der Waals surface area (Å²) in [7, 11) is 0. The van der Waals surface area contributed by atoms with E-state index < -0.39 is 5.97 Å². The lowest BCUT2D eigenvalue weighted by atomic mass is 10.3. The molecule has 7 heteroatoms. The number of hydrogen-bond acceptors (Lipinski definition) is 6. The molecule has 3 N–H and O–H groups in total. The van der Waals surface area contributed by atoms with Crippen LogP contribution in [0.3, 0.4) is 0 Å². The highest BCUT2D eigenvalue weighted by Gasteiger charge is 2.12. The fraction of sp³-hybridized carbons (Fsp3) is 0. The number of para-hydroxylation sites is 2. The molecule has 2 aromatic heterocycles. The lowest BCUT2D eigenvalue weighted by Gasteiger charge is -2.02. The summed E-state index contributed by atoms with van der Waals surface area (Å²) < 4.78 is 5.54. The van der Waals surface area contributed by atoms with Crippen LogP contribution in [-0.4, -0.2) is 21.0 Å². The molecule has 0 spiro atoms. The molecule has 3 aromatic rings. The second kappa shape index (κ2) is 4.86. The first kappa shape index (κ1) is 12.5. The second-order valence-electron chi connectivity index (χ2n) is 3.97. The van der Waals surface area contributed by atoms with Crippen LogP contribution in [0.4, 0.5) is 5.69 Å². The smallest absolute Gasteiger partial charge is 0.337 e. The lowest BCUT2D eigenvalue weighted by Crippen LogP contribution is -2.00. The number of nitrogen functional groups attached to an aromatic ring is 1. The number of benzene rings is 1. The fourth-order valence-electron chi connectivity index (χ4n) is 1.65. The maximum absolute atomic E-state index is 10.8. The molecule has 0 aliphatic heterocycles. The summed E-state index contributed by atoms with van der Waals surface area (Å²) >= 11 is 1.15. The zero-order valence-electron chi connectivity index (χ0n) is 10.1. The Morgan fingerprint density at radius 3 is 2.85 bits per heavy atom. The second-order valence-corrected chi connectivity index (χ2v) is 4.91. The van der Waals surface area contributed by atoms with E-state index in [0.29, 0.717) is 15.8 Å². The van der Waals surface area contributed by atoms with Crippen LogP contribution < -0.4 is 5.73 Å². The summed E-state index contributed by atoms with van der Waals surface area (Å²) in [5.41, 5.74) is 7.53. The number of anilines is 1. The molecule has 0 atom stereocenters. The van der Waals surface area contributed by atoms with Crippen LogP contribution in [0.2, 0.25) is 0 Å². The molecule has 0 aliphatic rings. The molecule has 0 saturated heterocycles. The van der Waals surface area contributed by atoms with Crippen molar-refractivity contribution in [3.63, 3.8) is 0 Å². The monoisotopic (exact) mass is 287 g/mol. The van der Waals surface area contributed by atoms with Crippen molar-refractivity contribution in [2.24, 2.45) is 0 Å². The van der Waals surface area contributed by atoms with E-state index in [1.54, 1.807) is 0 Å². The summed E-state index contributed by atoms with van der Waals surface area (Å²) in [5.74, 6) is -1.07. The van der Waals surface area contributed by atoms with Crippen LogP contribution in [0, 0.1) is 0 Å². The zero-order valence-corrected chi connectivity index (χ0v) is 10.9. The van der Waals surface area contributed by atoms with Crippen LogP contribution in [0.15, 0.2) is 51.2 Å². The van der Waals surface area contributed by atoms with E-state index in [0.717, 1.165) is 17.3 Å². The van der Waals surface area contributed by atoms with E-state index in [1.807, 2.05) is 24.3 Å². The van der Waals surface area contributed by atoms with Gasteiger partial charge in [-0.15, -0.1) is 0 Å². The van der Waals surface area contributed by atoms with Crippen molar-refractivity contribution >= 4 is 34.5 Å². The summed E-state index contributed by atoms with van der Waals surface area (Å²) in [6, 6.07) is 8.74. The Hall–Kier alpha value is -2.54. The van der Waals surface area contributed by atoms with Gasteiger partial charge in [-0.1, -0.05) is 12.1 Å². The van der Waals surface area contributed by atoms with Crippen LogP contribution in [0.25, 0.3) is 11.1 Å². The number of hydrogen-bond donors (Lipinski definition) is 2. The molecule has 2 heterocycles. The van der Waals surface area contributed by atoms with Crippen LogP contribution in [0.5, 0.6) is 0 Å². The van der Waals surface area contributed by atoms with Gasteiger partial charge in [-0.2, -0.15) is 0 Å². The zero-order chi connectivity index (χ0) is 14.1. The van der Waals surface area contributed by atoms with Gasteiger partial charge in [-0.3, -0.25) is 0 Å². The molecule has 0 bridgehead atoms. The third-order valence-corrected chi connectivity index (χ3v) is 3.47. The van der Waals surface area contributed by atoms with Crippen molar-refractivity contribution in [2.45, 2.75) is 10.2 Å². The molecule has 6 nitrogen and oxygen atoms in total. The average Bonchev–Trinajstić information content (AvgIpc) is 2.83. The number of fused-ring (bicyclic) bond motifs is 1. The van der Waals surface area contributed by atoms with Crippen LogP contribution in [-0.2, 0) is 0 Å². The number of carbonyl (C=O) groups is 1. The molecule has 0 radical (unpaired) electrons. The van der Waals surface area contributed by atoms with Gasteiger partial charge in [0.1, 0.15) is 10.5 Å². The summed E-state index contributed by atoms with van der Waals surface area (Å²) in [6.45, 7) is 0. The number of carboxylic acid groups (broad SMARTS) is 1. The first-order valence-electron chi connectivity index (χ1n) is 5.66. The molecule has 3 rings (SSSR count). The average molecular weight is 287 g/mol. The number of nitrogens with two attached hydrogens (primary N) is 1. The number of carboxylic acids is 1. The first-order valence-corrected chi connectivity index (χ1v) is 6.47. The van der Waals surface area contributed by atoms with E-state index in [9.17, 15) is 4.79 Å². The van der Waals surface area contributed by atoms with Crippen molar-refractivity contribution in [1.29, 1.82) is 0 Å². The Morgan fingerprint density at radius 1 is 1.35 bits per heavy atom. The number of aromatic nitrogens is 2. The third kappa shape index (κ3) is 2.30. The van der Waals surface area contributed by atoms with E-state index in [2.05, 4.69) is 9.97 Å². The van der Waals surface area contributed by atoms with E-state index in [4.69, 9.17) is 15.3 Å². The largest absolute Gasteiger partial charge is 0.478 e. The Kier molecular flexibility index (Phi) is 3.03. The summed E-state index contributed by atoms with van der Waals surface area (Å²) in [5, 5.41) is 9.72. The molecular formula is C13H9N3O3S. The standard InChI is InChI=1S/C13H9N3O3S/c14-8-5-7(12(17)18)6-15-11(8)20-13-16-9-3-1-2-4-10(9)19-13/h1-6H,14H2,(H,17,18). The van der Waals surface area contributed by atoms with Gasteiger partial charge in [0.15, 0.2) is 5.58 Å².